The zero-order valence-corrected chi connectivity index (χ0v) is 11.2. The maximum absolute atomic E-state index is 12.3. The van der Waals surface area contributed by atoms with Crippen LogP contribution in [0.2, 0.25) is 0 Å². The highest BCUT2D eigenvalue weighted by molar-refractivity contribution is 5.80. The molecule has 1 saturated heterocycles. The minimum absolute atomic E-state index is 0.0606. The third kappa shape index (κ3) is 3.94. The Bertz CT molecular complexity index is 242. The van der Waals surface area contributed by atoms with E-state index in [0.29, 0.717) is 25.8 Å². The summed E-state index contributed by atoms with van der Waals surface area (Å²) >= 11 is 0. The van der Waals surface area contributed by atoms with Gasteiger partial charge in [-0.15, -0.1) is 0 Å². The number of rotatable bonds is 5. The van der Waals surface area contributed by atoms with Gasteiger partial charge in [0.25, 0.3) is 5.91 Å². The maximum Gasteiger partial charge on any atom is 0.279 e. The second-order valence-electron chi connectivity index (χ2n) is 4.39. The fourth-order valence-corrected chi connectivity index (χ4v) is 1.96. The number of amides is 1. The number of piperazine rings is 1. The molecule has 1 aliphatic heterocycles. The van der Waals surface area contributed by atoms with E-state index in [0.717, 1.165) is 6.54 Å². The van der Waals surface area contributed by atoms with Gasteiger partial charge in [0.15, 0.2) is 0 Å². The molecule has 2 unspecified atom stereocenters. The van der Waals surface area contributed by atoms with Crippen LogP contribution in [0.25, 0.3) is 0 Å². The lowest BCUT2D eigenvalue weighted by Gasteiger charge is -2.38. The fourth-order valence-electron chi connectivity index (χ4n) is 1.96. The van der Waals surface area contributed by atoms with Crippen LogP contribution < -0.4 is 5.32 Å². The molecule has 0 saturated carbocycles. The summed E-state index contributed by atoms with van der Waals surface area (Å²) in [5.41, 5.74) is 0. The molecular formula is C12H24N2O3. The first-order chi connectivity index (χ1) is 8.10. The van der Waals surface area contributed by atoms with E-state index in [9.17, 15) is 4.79 Å². The van der Waals surface area contributed by atoms with Crippen LogP contribution in [0.3, 0.4) is 0 Å². The van der Waals surface area contributed by atoms with E-state index < -0.39 is 6.29 Å². The van der Waals surface area contributed by atoms with E-state index in [1.807, 2.05) is 25.7 Å². The maximum atomic E-state index is 12.3. The molecule has 1 amide bonds. The number of carbonyl (C=O) groups is 1. The monoisotopic (exact) mass is 244 g/mol. The zero-order chi connectivity index (χ0) is 12.8. The Hall–Kier alpha value is -0.650. The minimum atomic E-state index is -0.752. The molecule has 5 heteroatoms. The number of hydrogen-bond acceptors (Lipinski definition) is 4. The Morgan fingerprint density at radius 3 is 2.47 bits per heavy atom. The van der Waals surface area contributed by atoms with Crippen LogP contribution >= 0.6 is 0 Å². The molecule has 0 spiro atoms. The van der Waals surface area contributed by atoms with Gasteiger partial charge < -0.3 is 19.7 Å². The Morgan fingerprint density at radius 2 is 1.94 bits per heavy atom. The van der Waals surface area contributed by atoms with Crippen molar-refractivity contribution >= 4 is 5.91 Å². The molecule has 0 bridgehead atoms. The van der Waals surface area contributed by atoms with Crippen molar-refractivity contribution in [3.8, 4) is 0 Å². The first-order valence-corrected chi connectivity index (χ1v) is 6.37. The van der Waals surface area contributed by atoms with Crippen LogP contribution in [0.5, 0.6) is 0 Å². The predicted octanol–water partition coefficient (Wildman–Crippen LogP) is 0.594. The lowest BCUT2D eigenvalue weighted by Crippen LogP contribution is -2.58. The summed E-state index contributed by atoms with van der Waals surface area (Å²) in [5.74, 6) is -0.0606. The number of hydrogen-bond donors (Lipinski definition) is 1. The molecule has 0 aromatic carbocycles. The van der Waals surface area contributed by atoms with Gasteiger partial charge >= 0.3 is 0 Å². The third-order valence-electron chi connectivity index (χ3n) is 2.89. The van der Waals surface area contributed by atoms with Crippen molar-refractivity contribution in [3.63, 3.8) is 0 Å². The lowest BCUT2D eigenvalue weighted by atomic mass is 10.1. The molecule has 0 radical (unpaired) electrons. The van der Waals surface area contributed by atoms with Crippen molar-refractivity contribution < 1.29 is 14.3 Å². The van der Waals surface area contributed by atoms with Gasteiger partial charge in [-0.1, -0.05) is 0 Å². The average Bonchev–Trinajstić information content (AvgIpc) is 2.31. The van der Waals surface area contributed by atoms with Gasteiger partial charge in [-0.2, -0.15) is 0 Å². The van der Waals surface area contributed by atoms with Gasteiger partial charge in [-0.25, -0.2) is 0 Å². The fraction of sp³-hybridized carbons (Fsp3) is 0.917. The quantitative estimate of drug-likeness (QED) is 0.719. The van der Waals surface area contributed by atoms with Crippen LogP contribution in [0.1, 0.15) is 27.7 Å². The van der Waals surface area contributed by atoms with Gasteiger partial charge in [0, 0.05) is 38.4 Å². The van der Waals surface area contributed by atoms with E-state index >= 15 is 0 Å². The van der Waals surface area contributed by atoms with Crippen molar-refractivity contribution in [2.75, 3.05) is 26.3 Å². The van der Waals surface area contributed by atoms with Crippen molar-refractivity contribution in [1.82, 2.24) is 10.2 Å². The molecule has 0 aromatic heterocycles. The van der Waals surface area contributed by atoms with Crippen molar-refractivity contribution in [2.45, 2.75) is 46.1 Å². The van der Waals surface area contributed by atoms with Crippen LogP contribution in [0.15, 0.2) is 0 Å². The highest BCUT2D eigenvalue weighted by Crippen LogP contribution is 2.11. The van der Waals surface area contributed by atoms with Crippen LogP contribution in [0.4, 0.5) is 0 Å². The van der Waals surface area contributed by atoms with E-state index in [4.69, 9.17) is 9.47 Å². The molecule has 100 valence electrons. The normalized spacial score (nSPS) is 25.4. The summed E-state index contributed by atoms with van der Waals surface area (Å²) < 4.78 is 10.7. The molecule has 17 heavy (non-hydrogen) atoms. The smallest absolute Gasteiger partial charge is 0.279 e. The molecule has 1 aliphatic rings. The summed E-state index contributed by atoms with van der Waals surface area (Å²) in [6.07, 6.45) is -0.752. The topological polar surface area (TPSA) is 50.8 Å². The van der Waals surface area contributed by atoms with Crippen molar-refractivity contribution in [1.29, 1.82) is 0 Å². The average molecular weight is 244 g/mol. The zero-order valence-electron chi connectivity index (χ0n) is 11.2. The molecular weight excluding hydrogens is 220 g/mol. The van der Waals surface area contributed by atoms with E-state index in [-0.39, 0.29) is 11.9 Å². The van der Waals surface area contributed by atoms with Gasteiger partial charge in [-0.05, 0) is 27.7 Å². The van der Waals surface area contributed by atoms with Crippen molar-refractivity contribution in [3.05, 3.63) is 0 Å². The van der Waals surface area contributed by atoms with Crippen molar-refractivity contribution in [2.24, 2.45) is 0 Å². The summed E-state index contributed by atoms with van der Waals surface area (Å²) in [6.45, 7) is 10.3. The molecule has 0 aromatic rings. The molecule has 1 fully saturated rings. The largest absolute Gasteiger partial charge is 0.345 e. The summed E-state index contributed by atoms with van der Waals surface area (Å²) in [6, 6.07) is 0.501. The molecule has 1 N–H and O–H groups in total. The Labute approximate surface area is 103 Å². The van der Waals surface area contributed by atoms with E-state index in [2.05, 4.69) is 12.2 Å². The molecule has 5 nitrogen and oxygen atoms in total. The number of carbonyl (C=O) groups excluding carboxylic acids is 1. The summed E-state index contributed by atoms with van der Waals surface area (Å²) in [4.78, 5) is 14.1. The van der Waals surface area contributed by atoms with Gasteiger partial charge in [-0.3, -0.25) is 4.79 Å². The van der Waals surface area contributed by atoms with E-state index in [1.54, 1.807) is 0 Å². The van der Waals surface area contributed by atoms with Crippen LogP contribution in [-0.4, -0.2) is 55.5 Å². The Morgan fingerprint density at radius 1 is 1.35 bits per heavy atom. The highest BCUT2D eigenvalue weighted by atomic mass is 16.7. The molecule has 0 aliphatic carbocycles. The van der Waals surface area contributed by atoms with E-state index in [1.165, 1.54) is 0 Å². The molecule has 2 atom stereocenters. The Balaban J connectivity index is 2.63. The minimum Gasteiger partial charge on any atom is -0.345 e. The first kappa shape index (κ1) is 14.4. The standard InChI is InChI=1S/C12H24N2O3/c1-5-16-12(17-6-2)11(15)14-8-9(3)13-7-10(14)4/h9-10,12-13H,5-8H2,1-4H3. The number of nitrogens with one attached hydrogen (secondary N) is 1. The summed E-state index contributed by atoms with van der Waals surface area (Å²) in [5, 5.41) is 3.34. The Kier molecular flexibility index (Phi) is 5.88. The second kappa shape index (κ2) is 6.93. The number of nitrogens with zero attached hydrogens (tertiary/aromatic N) is 1. The lowest BCUT2D eigenvalue weighted by molar-refractivity contribution is -0.183. The van der Waals surface area contributed by atoms with Crippen LogP contribution in [0, 0.1) is 0 Å². The van der Waals surface area contributed by atoms with Gasteiger partial charge in [0.2, 0.25) is 6.29 Å². The third-order valence-corrected chi connectivity index (χ3v) is 2.89. The SMILES string of the molecule is CCOC(OCC)C(=O)N1CC(C)NCC1C. The van der Waals surface area contributed by atoms with Gasteiger partial charge in [0.05, 0.1) is 0 Å². The predicted molar refractivity (Wildman–Crippen MR) is 65.7 cm³/mol. The highest BCUT2D eigenvalue weighted by Gasteiger charge is 2.32. The molecule has 1 rings (SSSR count). The van der Waals surface area contributed by atoms with Crippen LogP contribution in [-0.2, 0) is 14.3 Å². The number of ether oxygens (including phenoxy) is 2. The first-order valence-electron chi connectivity index (χ1n) is 6.37. The summed E-state index contributed by atoms with van der Waals surface area (Å²) in [7, 11) is 0. The van der Waals surface area contributed by atoms with Gasteiger partial charge in [0.1, 0.15) is 0 Å². The second-order valence-corrected chi connectivity index (χ2v) is 4.39. The molecule has 1 heterocycles.